The number of carbonyl (C=O) groups excluding carboxylic acids is 1. The summed E-state index contributed by atoms with van der Waals surface area (Å²) in [5.41, 5.74) is 0. The molecule has 0 bridgehead atoms. The fourth-order valence-corrected chi connectivity index (χ4v) is 14.0. The van der Waals surface area contributed by atoms with Crippen LogP contribution in [0.3, 0.4) is 0 Å². The molecule has 0 saturated carbocycles. The van der Waals surface area contributed by atoms with E-state index < -0.39 is 124 Å². The van der Waals surface area contributed by atoms with Crippen LogP contribution in [0.5, 0.6) is 0 Å². The second-order valence-corrected chi connectivity index (χ2v) is 29.9. The maximum atomic E-state index is 13.5. The van der Waals surface area contributed by atoms with Gasteiger partial charge in [0.05, 0.1) is 38.6 Å². The Kier molecular flexibility index (Phi) is 59.6. The summed E-state index contributed by atoms with van der Waals surface area (Å²) in [6.45, 7) is 1.67. The molecule has 3 saturated heterocycles. The van der Waals surface area contributed by atoms with Gasteiger partial charge in [0.2, 0.25) is 5.91 Å². The highest BCUT2D eigenvalue weighted by atomic mass is 16.8. The lowest BCUT2D eigenvalue weighted by Crippen LogP contribution is -2.66. The number of hydrogen-bond acceptors (Lipinski definition) is 18. The van der Waals surface area contributed by atoms with E-state index in [1.165, 1.54) is 225 Å². The van der Waals surface area contributed by atoms with Crippen molar-refractivity contribution in [3.63, 3.8) is 0 Å². The zero-order valence-electron chi connectivity index (χ0n) is 65.0. The molecule has 3 rings (SSSR count). The molecule has 1 amide bonds. The maximum Gasteiger partial charge on any atom is 0.220 e. The van der Waals surface area contributed by atoms with Gasteiger partial charge in [-0.15, -0.1) is 0 Å². The Morgan fingerprint density at radius 1 is 0.356 bits per heavy atom. The smallest absolute Gasteiger partial charge is 0.220 e. The van der Waals surface area contributed by atoms with E-state index in [2.05, 4.69) is 79.9 Å². The molecule has 19 nitrogen and oxygen atoms in total. The van der Waals surface area contributed by atoms with E-state index in [0.29, 0.717) is 6.42 Å². The Labute approximate surface area is 629 Å². The number of amides is 1. The van der Waals surface area contributed by atoms with Crippen molar-refractivity contribution in [2.75, 3.05) is 26.4 Å². The molecule has 3 heterocycles. The SMILES string of the molecule is CC/C=C\C/C=C\C/C=C\C/C=C\C/C=C\CCCCCCCCCCCCCCCCCCCC(=O)NC(COC1OC(CO)C(OC2OC(CO)C(OC3OC(CO)C(O)C(O)C3O)C(O)C2O)C(O)C1O)C(O)/C=C/CCCCCCCCCCCCCCCCCCCCCCCCCC. The highest BCUT2D eigenvalue weighted by molar-refractivity contribution is 5.76. The molecule has 19 heteroatoms. The summed E-state index contributed by atoms with van der Waals surface area (Å²) in [4.78, 5) is 13.5. The minimum atomic E-state index is -1.98. The summed E-state index contributed by atoms with van der Waals surface area (Å²) < 4.78 is 34.5. The molecule has 12 N–H and O–H groups in total. The van der Waals surface area contributed by atoms with E-state index in [1.54, 1.807) is 6.08 Å². The molecule has 0 aromatic carbocycles. The van der Waals surface area contributed by atoms with Crippen LogP contribution in [0.15, 0.2) is 72.9 Å². The van der Waals surface area contributed by atoms with Crippen molar-refractivity contribution < 1.29 is 89.4 Å². The number of aliphatic hydroxyl groups is 11. The van der Waals surface area contributed by atoms with E-state index in [4.69, 9.17) is 28.4 Å². The van der Waals surface area contributed by atoms with E-state index in [1.807, 2.05) is 6.08 Å². The quantitative estimate of drug-likeness (QED) is 0.0199. The van der Waals surface area contributed by atoms with Crippen molar-refractivity contribution in [1.29, 1.82) is 0 Å². The van der Waals surface area contributed by atoms with E-state index in [-0.39, 0.29) is 18.9 Å². The first kappa shape index (κ1) is 95.4. The molecule has 104 heavy (non-hydrogen) atoms. The summed E-state index contributed by atoms with van der Waals surface area (Å²) in [7, 11) is 0. The van der Waals surface area contributed by atoms with Crippen molar-refractivity contribution in [3.05, 3.63) is 72.9 Å². The van der Waals surface area contributed by atoms with Gasteiger partial charge in [-0.25, -0.2) is 0 Å². The average molecular weight is 1480 g/mol. The molecule has 3 fully saturated rings. The Morgan fingerprint density at radius 3 is 1.04 bits per heavy atom. The molecule has 0 aliphatic carbocycles. The van der Waals surface area contributed by atoms with Crippen LogP contribution in [0.2, 0.25) is 0 Å². The molecule has 606 valence electrons. The maximum absolute atomic E-state index is 13.5. The Hall–Kier alpha value is -2.77. The minimum Gasteiger partial charge on any atom is -0.394 e. The lowest BCUT2D eigenvalue weighted by Gasteiger charge is -2.48. The van der Waals surface area contributed by atoms with Crippen LogP contribution in [-0.2, 0) is 33.2 Å². The average Bonchev–Trinajstić information content (AvgIpc) is 0.783. The van der Waals surface area contributed by atoms with Crippen LogP contribution in [0.4, 0.5) is 0 Å². The summed E-state index contributed by atoms with van der Waals surface area (Å²) in [5.74, 6) is -0.272. The predicted molar refractivity (Wildman–Crippen MR) is 415 cm³/mol. The lowest BCUT2D eigenvalue weighted by molar-refractivity contribution is -0.379. The van der Waals surface area contributed by atoms with E-state index in [9.17, 15) is 61.0 Å². The third-order valence-electron chi connectivity index (χ3n) is 20.8. The molecule has 0 spiro atoms. The number of nitrogens with one attached hydrogen (secondary N) is 1. The summed E-state index contributed by atoms with van der Waals surface area (Å²) in [5, 5.41) is 121. The molecule has 3 aliphatic heterocycles. The molecular formula is C85H153NO18. The van der Waals surface area contributed by atoms with Crippen molar-refractivity contribution in [3.8, 4) is 0 Å². The standard InChI is InChI=1S/C85H153NO18/c1-3-5-7-9-11-13-15-17-19-21-23-25-27-29-31-32-33-34-35-36-37-39-41-43-45-47-49-51-53-55-57-59-61-63-73(91)86-68(69(90)62-60-58-56-54-52-50-48-46-44-42-40-38-30-28-26-24-22-20-18-16-14-12-10-8-6-4-2)67-99-83-79(97)76(94)81(71(65-88)101-83)104-85-80(98)77(95)82(72(66-89)102-85)103-84-78(96)75(93)74(92)70(64-87)100-84/h5,7,11,13,17,19,23,25,29,31,60,62,68-72,74-85,87-90,92-98H,3-4,6,8-10,12,14-16,18,20-22,24,26-28,30,32-59,61,63-67H2,1-2H3,(H,86,91)/b7-5-,13-11-,19-17-,25-23-,31-29-,62-60+. The van der Waals surface area contributed by atoms with Gasteiger partial charge in [-0.2, -0.15) is 0 Å². The first-order valence-electron chi connectivity index (χ1n) is 42.2. The fraction of sp³-hybridized carbons (Fsp3) is 0.847. The molecule has 0 aromatic rings. The van der Waals surface area contributed by atoms with Crippen molar-refractivity contribution in [2.24, 2.45) is 0 Å². The van der Waals surface area contributed by atoms with Gasteiger partial charge < -0.3 is 89.9 Å². The number of carbonyl (C=O) groups is 1. The topological polar surface area (TPSA) is 307 Å². The van der Waals surface area contributed by atoms with Crippen LogP contribution in [0, 0.1) is 0 Å². The van der Waals surface area contributed by atoms with Crippen LogP contribution < -0.4 is 5.32 Å². The second kappa shape index (κ2) is 65.0. The van der Waals surface area contributed by atoms with Crippen molar-refractivity contribution >= 4 is 5.91 Å². The van der Waals surface area contributed by atoms with Gasteiger partial charge in [0, 0.05) is 6.42 Å². The van der Waals surface area contributed by atoms with Crippen LogP contribution in [0.25, 0.3) is 0 Å². The van der Waals surface area contributed by atoms with Crippen LogP contribution in [0.1, 0.15) is 328 Å². The Morgan fingerprint density at radius 2 is 0.663 bits per heavy atom. The number of allylic oxidation sites excluding steroid dienone is 11. The third-order valence-corrected chi connectivity index (χ3v) is 20.8. The van der Waals surface area contributed by atoms with Gasteiger partial charge in [0.25, 0.3) is 0 Å². The second-order valence-electron chi connectivity index (χ2n) is 29.9. The molecular weight excluding hydrogens is 1320 g/mol. The van der Waals surface area contributed by atoms with Crippen LogP contribution in [-0.4, -0.2) is 193 Å². The third kappa shape index (κ3) is 44.2. The van der Waals surface area contributed by atoms with Crippen molar-refractivity contribution in [1.82, 2.24) is 5.32 Å². The zero-order chi connectivity index (χ0) is 75.3. The predicted octanol–water partition coefficient (Wildman–Crippen LogP) is 14.8. The Balaban J connectivity index is 1.35. The molecule has 3 aliphatic rings. The number of unbranched alkanes of at least 4 members (excludes halogenated alkanes) is 41. The number of rotatable bonds is 67. The fourth-order valence-electron chi connectivity index (χ4n) is 14.0. The summed E-state index contributed by atoms with van der Waals surface area (Å²) in [6.07, 6.45) is 58.9. The van der Waals surface area contributed by atoms with Gasteiger partial charge in [-0.1, -0.05) is 331 Å². The van der Waals surface area contributed by atoms with Gasteiger partial charge >= 0.3 is 0 Å². The highest BCUT2D eigenvalue weighted by Crippen LogP contribution is 2.33. The zero-order valence-corrected chi connectivity index (χ0v) is 65.0. The van der Waals surface area contributed by atoms with Gasteiger partial charge in [-0.05, 0) is 64.2 Å². The number of ether oxygens (including phenoxy) is 6. The van der Waals surface area contributed by atoms with Gasteiger partial charge in [0.1, 0.15) is 73.2 Å². The summed E-state index contributed by atoms with van der Waals surface area (Å²) >= 11 is 0. The number of hydrogen-bond donors (Lipinski definition) is 12. The van der Waals surface area contributed by atoms with Crippen molar-refractivity contribution in [2.45, 2.75) is 433 Å². The molecule has 0 radical (unpaired) electrons. The van der Waals surface area contributed by atoms with E-state index in [0.717, 1.165) is 77.0 Å². The molecule has 0 aromatic heterocycles. The Bertz CT molecular complexity index is 2160. The monoisotopic (exact) mass is 1480 g/mol. The number of aliphatic hydroxyl groups excluding tert-OH is 11. The molecule has 17 unspecified atom stereocenters. The molecule has 17 atom stereocenters. The largest absolute Gasteiger partial charge is 0.394 e. The lowest BCUT2D eigenvalue weighted by atomic mass is 9.96. The normalized spacial score (nSPS) is 26.3. The summed E-state index contributed by atoms with van der Waals surface area (Å²) in [6, 6.07) is -0.977. The van der Waals surface area contributed by atoms with Gasteiger partial charge in [-0.3, -0.25) is 4.79 Å². The first-order valence-corrected chi connectivity index (χ1v) is 42.2. The van der Waals surface area contributed by atoms with Crippen LogP contribution >= 0.6 is 0 Å². The van der Waals surface area contributed by atoms with E-state index >= 15 is 0 Å². The highest BCUT2D eigenvalue weighted by Gasteiger charge is 2.54. The minimum absolute atomic E-state index is 0.243. The van der Waals surface area contributed by atoms with Gasteiger partial charge in [0.15, 0.2) is 18.9 Å². The first-order chi connectivity index (χ1) is 50.8.